The number of carbonyl (C=O) groups is 1. The molecule has 0 unspecified atom stereocenters. The van der Waals surface area contributed by atoms with E-state index in [0.29, 0.717) is 0 Å². The lowest BCUT2D eigenvalue weighted by Gasteiger charge is -2.32. The molecule has 1 aromatic rings. The molecule has 3 rings (SSSR count). The van der Waals surface area contributed by atoms with Gasteiger partial charge in [-0.3, -0.25) is 0 Å². The zero-order valence-corrected chi connectivity index (χ0v) is 18.4. The Labute approximate surface area is 169 Å². The highest BCUT2D eigenvalue weighted by atomic mass is 16.7. The third kappa shape index (κ3) is 4.55. The second kappa shape index (κ2) is 7.38. The smallest absolute Gasteiger partial charge is 0.444 e. The molecule has 6 heteroatoms. The maximum Gasteiger partial charge on any atom is 0.494 e. The summed E-state index contributed by atoms with van der Waals surface area (Å²) in [6.07, 6.45) is 2.67. The molecule has 1 aromatic carbocycles. The van der Waals surface area contributed by atoms with Crippen LogP contribution in [0, 0.1) is 0 Å². The van der Waals surface area contributed by atoms with Gasteiger partial charge in [0, 0.05) is 12.6 Å². The minimum atomic E-state index is -0.464. The average Bonchev–Trinajstić information content (AvgIpc) is 3.09. The molecule has 0 aliphatic carbocycles. The van der Waals surface area contributed by atoms with E-state index in [9.17, 15) is 4.79 Å². The number of ether oxygens (including phenoxy) is 1. The summed E-state index contributed by atoms with van der Waals surface area (Å²) in [6.45, 7) is 14.7. The SMILES string of the molecule is CC(C)(C)OC(=O)N1CCC[C@H]1Cc1ccc(B2OC(C)(C)C(C)(C)O2)cc1. The predicted octanol–water partition coefficient (Wildman–Crippen LogP) is 3.93. The van der Waals surface area contributed by atoms with E-state index in [0.717, 1.165) is 31.3 Å². The Hall–Kier alpha value is -1.53. The van der Waals surface area contributed by atoms with Crippen LogP contribution in [-0.4, -0.2) is 47.5 Å². The molecule has 0 radical (unpaired) electrons. The molecule has 154 valence electrons. The Bertz CT molecular complexity index is 692. The van der Waals surface area contributed by atoms with Gasteiger partial charge < -0.3 is 18.9 Å². The van der Waals surface area contributed by atoms with Crippen LogP contribution in [0.5, 0.6) is 0 Å². The summed E-state index contributed by atoms with van der Waals surface area (Å²) in [7, 11) is -0.344. The quantitative estimate of drug-likeness (QED) is 0.738. The molecule has 2 heterocycles. The lowest BCUT2D eigenvalue weighted by molar-refractivity contribution is 0.00578. The summed E-state index contributed by atoms with van der Waals surface area (Å²) >= 11 is 0. The summed E-state index contributed by atoms with van der Waals surface area (Å²) in [5, 5.41) is 0. The van der Waals surface area contributed by atoms with E-state index >= 15 is 0 Å². The minimum Gasteiger partial charge on any atom is -0.444 e. The Morgan fingerprint density at radius 3 is 2.25 bits per heavy atom. The van der Waals surface area contributed by atoms with Gasteiger partial charge in [-0.05, 0) is 78.8 Å². The third-order valence-electron chi connectivity index (χ3n) is 5.98. The monoisotopic (exact) mass is 387 g/mol. The first-order valence-corrected chi connectivity index (χ1v) is 10.3. The summed E-state index contributed by atoms with van der Waals surface area (Å²) in [5.41, 5.74) is 1.09. The topological polar surface area (TPSA) is 48.0 Å². The standard InChI is InChI=1S/C22H34BNO4/c1-20(2,3)26-19(25)24-14-8-9-18(24)15-16-10-12-17(13-11-16)23-27-21(4,5)22(6,7)28-23/h10-13,18H,8-9,14-15H2,1-7H3/t18-/m0/s1. The molecule has 28 heavy (non-hydrogen) atoms. The fourth-order valence-corrected chi connectivity index (χ4v) is 3.67. The second-order valence-corrected chi connectivity index (χ2v) is 10.0. The lowest BCUT2D eigenvalue weighted by Crippen LogP contribution is -2.41. The zero-order valence-electron chi connectivity index (χ0n) is 18.4. The van der Waals surface area contributed by atoms with Crippen molar-refractivity contribution in [3.63, 3.8) is 0 Å². The highest BCUT2D eigenvalue weighted by molar-refractivity contribution is 6.62. The molecule has 0 N–H and O–H groups in total. The molecule has 2 aliphatic heterocycles. The van der Waals surface area contributed by atoms with E-state index in [-0.39, 0.29) is 30.5 Å². The maximum atomic E-state index is 12.5. The van der Waals surface area contributed by atoms with Crippen molar-refractivity contribution in [3.05, 3.63) is 29.8 Å². The van der Waals surface area contributed by atoms with Crippen molar-refractivity contribution in [2.24, 2.45) is 0 Å². The maximum absolute atomic E-state index is 12.5. The van der Waals surface area contributed by atoms with Crippen LogP contribution in [0.4, 0.5) is 4.79 Å². The number of benzene rings is 1. The number of hydrogen-bond donors (Lipinski definition) is 0. The van der Waals surface area contributed by atoms with E-state index in [1.165, 1.54) is 5.56 Å². The molecule has 2 aliphatic rings. The van der Waals surface area contributed by atoms with Gasteiger partial charge in [0.2, 0.25) is 0 Å². The van der Waals surface area contributed by atoms with Crippen molar-refractivity contribution in [2.75, 3.05) is 6.54 Å². The molecule has 0 spiro atoms. The molecule has 0 aromatic heterocycles. The largest absolute Gasteiger partial charge is 0.494 e. The van der Waals surface area contributed by atoms with Crippen molar-refractivity contribution in [3.8, 4) is 0 Å². The summed E-state index contributed by atoms with van der Waals surface area (Å²) in [6, 6.07) is 8.57. The van der Waals surface area contributed by atoms with Gasteiger partial charge in [-0.2, -0.15) is 0 Å². The Morgan fingerprint density at radius 1 is 1.14 bits per heavy atom. The second-order valence-electron chi connectivity index (χ2n) is 10.0. The lowest BCUT2D eigenvalue weighted by atomic mass is 9.78. The molecule has 2 saturated heterocycles. The summed E-state index contributed by atoms with van der Waals surface area (Å²) < 4.78 is 17.8. The minimum absolute atomic E-state index is 0.192. The van der Waals surface area contributed by atoms with Gasteiger partial charge in [0.05, 0.1) is 11.2 Å². The van der Waals surface area contributed by atoms with Crippen LogP contribution in [-0.2, 0) is 20.5 Å². The van der Waals surface area contributed by atoms with Gasteiger partial charge in [0.1, 0.15) is 5.60 Å². The normalized spacial score (nSPS) is 23.9. The van der Waals surface area contributed by atoms with Gasteiger partial charge in [0.15, 0.2) is 0 Å². The zero-order chi connectivity index (χ0) is 20.7. The summed E-state index contributed by atoms with van der Waals surface area (Å²) in [4.78, 5) is 14.4. The molecule has 1 atom stereocenters. The van der Waals surface area contributed by atoms with Crippen molar-refractivity contribution < 1.29 is 18.8 Å². The number of amides is 1. The van der Waals surface area contributed by atoms with Gasteiger partial charge in [-0.25, -0.2) is 4.79 Å². The number of hydrogen-bond acceptors (Lipinski definition) is 4. The van der Waals surface area contributed by atoms with E-state index in [2.05, 4.69) is 52.0 Å². The van der Waals surface area contributed by atoms with Crippen LogP contribution in [0.2, 0.25) is 0 Å². The fourth-order valence-electron chi connectivity index (χ4n) is 3.67. The van der Waals surface area contributed by atoms with Crippen LogP contribution in [0.15, 0.2) is 24.3 Å². The Balaban J connectivity index is 1.64. The number of rotatable bonds is 3. The molecule has 0 saturated carbocycles. The highest BCUT2D eigenvalue weighted by Crippen LogP contribution is 2.36. The van der Waals surface area contributed by atoms with E-state index < -0.39 is 5.60 Å². The molecular weight excluding hydrogens is 353 g/mol. The van der Waals surface area contributed by atoms with Gasteiger partial charge in [-0.15, -0.1) is 0 Å². The number of nitrogens with zero attached hydrogens (tertiary/aromatic N) is 1. The first-order chi connectivity index (χ1) is 12.9. The van der Waals surface area contributed by atoms with Crippen LogP contribution in [0.1, 0.15) is 66.9 Å². The van der Waals surface area contributed by atoms with Crippen LogP contribution in [0.3, 0.4) is 0 Å². The van der Waals surface area contributed by atoms with E-state index in [4.69, 9.17) is 14.0 Å². The van der Waals surface area contributed by atoms with E-state index in [1.54, 1.807) is 0 Å². The van der Waals surface area contributed by atoms with Gasteiger partial charge >= 0.3 is 13.2 Å². The van der Waals surface area contributed by atoms with Gasteiger partial charge in [0.25, 0.3) is 0 Å². The average molecular weight is 387 g/mol. The number of likely N-dealkylation sites (tertiary alicyclic amines) is 1. The van der Waals surface area contributed by atoms with Gasteiger partial charge in [-0.1, -0.05) is 24.3 Å². The van der Waals surface area contributed by atoms with Crippen LogP contribution < -0.4 is 5.46 Å². The van der Waals surface area contributed by atoms with E-state index in [1.807, 2.05) is 25.7 Å². The number of carbonyl (C=O) groups excluding carboxylic acids is 1. The van der Waals surface area contributed by atoms with Crippen molar-refractivity contribution in [1.82, 2.24) is 4.90 Å². The third-order valence-corrected chi connectivity index (χ3v) is 5.98. The van der Waals surface area contributed by atoms with Crippen LogP contribution >= 0.6 is 0 Å². The fraction of sp³-hybridized carbons (Fsp3) is 0.682. The molecule has 2 fully saturated rings. The first kappa shape index (κ1) is 21.2. The molecular formula is C22H34BNO4. The Morgan fingerprint density at radius 2 is 1.71 bits per heavy atom. The van der Waals surface area contributed by atoms with Crippen molar-refractivity contribution in [2.45, 2.75) is 90.6 Å². The molecule has 5 nitrogen and oxygen atoms in total. The van der Waals surface area contributed by atoms with Crippen molar-refractivity contribution >= 4 is 18.7 Å². The van der Waals surface area contributed by atoms with Crippen LogP contribution in [0.25, 0.3) is 0 Å². The molecule has 1 amide bonds. The Kier molecular flexibility index (Phi) is 5.58. The first-order valence-electron chi connectivity index (χ1n) is 10.3. The van der Waals surface area contributed by atoms with Crippen molar-refractivity contribution in [1.29, 1.82) is 0 Å². The highest BCUT2D eigenvalue weighted by Gasteiger charge is 2.51. The molecule has 0 bridgehead atoms. The summed E-state index contributed by atoms with van der Waals surface area (Å²) in [5.74, 6) is 0. The predicted molar refractivity (Wildman–Crippen MR) is 112 cm³/mol.